The van der Waals surface area contributed by atoms with E-state index in [4.69, 9.17) is 11.6 Å². The van der Waals surface area contributed by atoms with Crippen LogP contribution in [0.4, 0.5) is 5.69 Å². The molecular weight excluding hydrogens is 423 g/mol. The van der Waals surface area contributed by atoms with Gasteiger partial charge in [0.2, 0.25) is 5.03 Å². The molecule has 0 aliphatic carbocycles. The highest BCUT2D eigenvalue weighted by molar-refractivity contribution is 9.10. The first kappa shape index (κ1) is 14.8. The van der Waals surface area contributed by atoms with Crippen LogP contribution in [0.15, 0.2) is 32.3 Å². The Morgan fingerprint density at radius 1 is 1.37 bits per heavy atom. The van der Waals surface area contributed by atoms with Crippen LogP contribution in [0.3, 0.4) is 0 Å². The summed E-state index contributed by atoms with van der Waals surface area (Å²) in [5, 5.41) is 7.70. The monoisotopic (exact) mass is 428 g/mol. The van der Waals surface area contributed by atoms with Crippen LogP contribution in [-0.2, 0) is 17.1 Å². The van der Waals surface area contributed by atoms with Gasteiger partial charge in [0.25, 0.3) is 10.0 Å². The van der Waals surface area contributed by atoms with Crippen LogP contribution in [-0.4, -0.2) is 23.4 Å². The molecule has 0 amide bonds. The highest BCUT2D eigenvalue weighted by Crippen LogP contribution is 2.27. The van der Waals surface area contributed by atoms with Crippen LogP contribution in [0.25, 0.3) is 0 Å². The smallest absolute Gasteiger partial charge is 0.278 e. The topological polar surface area (TPSA) is 76.9 Å². The summed E-state index contributed by atoms with van der Waals surface area (Å²) in [6.07, 6.45) is 0. The average Bonchev–Trinajstić information content (AvgIpc) is 2.64. The SMILES string of the molecule is Cn1nnc(Br)c1S(=O)(=O)Nc1ccc(Cl)c(Br)c1. The number of benzene rings is 1. The van der Waals surface area contributed by atoms with E-state index in [-0.39, 0.29) is 9.63 Å². The quantitative estimate of drug-likeness (QED) is 0.813. The molecule has 0 spiro atoms. The molecule has 1 heterocycles. The number of aromatic nitrogens is 3. The Morgan fingerprint density at radius 2 is 2.05 bits per heavy atom. The van der Waals surface area contributed by atoms with Crippen LogP contribution >= 0.6 is 43.5 Å². The molecule has 1 aromatic carbocycles. The van der Waals surface area contributed by atoms with E-state index in [0.29, 0.717) is 15.2 Å². The van der Waals surface area contributed by atoms with Crippen molar-refractivity contribution in [3.63, 3.8) is 0 Å². The number of hydrogen-bond donors (Lipinski definition) is 1. The molecule has 0 unspecified atom stereocenters. The van der Waals surface area contributed by atoms with Gasteiger partial charge in [-0.2, -0.15) is 8.42 Å². The molecule has 0 aliphatic rings. The molecule has 0 radical (unpaired) electrons. The van der Waals surface area contributed by atoms with E-state index in [2.05, 4.69) is 46.9 Å². The summed E-state index contributed by atoms with van der Waals surface area (Å²) in [6, 6.07) is 4.71. The molecule has 1 N–H and O–H groups in total. The third-order valence-corrected chi connectivity index (χ3v) is 5.65. The lowest BCUT2D eigenvalue weighted by Gasteiger charge is -2.08. The number of halogens is 3. The maximum Gasteiger partial charge on any atom is 0.281 e. The van der Waals surface area contributed by atoms with Gasteiger partial charge in [-0.3, -0.25) is 4.72 Å². The van der Waals surface area contributed by atoms with Crippen LogP contribution in [0.2, 0.25) is 5.02 Å². The fourth-order valence-electron chi connectivity index (χ4n) is 1.37. The maximum atomic E-state index is 12.2. The number of aryl methyl sites for hydroxylation is 1. The fraction of sp³-hybridized carbons (Fsp3) is 0.111. The number of rotatable bonds is 3. The lowest BCUT2D eigenvalue weighted by Crippen LogP contribution is -2.17. The number of hydrogen-bond acceptors (Lipinski definition) is 4. The van der Waals surface area contributed by atoms with Gasteiger partial charge in [0.1, 0.15) is 0 Å². The van der Waals surface area contributed by atoms with E-state index in [1.165, 1.54) is 7.05 Å². The second kappa shape index (κ2) is 5.39. The Hall–Kier alpha value is -0.640. The Bertz CT molecular complexity index is 712. The minimum Gasteiger partial charge on any atom is -0.278 e. The van der Waals surface area contributed by atoms with Gasteiger partial charge < -0.3 is 0 Å². The van der Waals surface area contributed by atoms with E-state index < -0.39 is 10.0 Å². The van der Waals surface area contributed by atoms with E-state index in [1.54, 1.807) is 18.2 Å². The first-order valence-corrected chi connectivity index (χ1v) is 8.29. The van der Waals surface area contributed by atoms with E-state index in [9.17, 15) is 8.42 Å². The second-order valence-corrected chi connectivity index (χ2v) is 7.15. The summed E-state index contributed by atoms with van der Waals surface area (Å²) in [4.78, 5) is 0. The van der Waals surface area contributed by atoms with Crippen molar-refractivity contribution in [3.05, 3.63) is 32.3 Å². The average molecular weight is 431 g/mol. The maximum absolute atomic E-state index is 12.2. The van der Waals surface area contributed by atoms with E-state index in [0.717, 1.165) is 4.68 Å². The van der Waals surface area contributed by atoms with Crippen LogP contribution in [0.5, 0.6) is 0 Å². The molecule has 2 aromatic rings. The van der Waals surface area contributed by atoms with Gasteiger partial charge in [0.05, 0.1) is 10.7 Å². The lowest BCUT2D eigenvalue weighted by molar-refractivity contribution is 0.578. The van der Waals surface area contributed by atoms with Crippen molar-refractivity contribution in [3.8, 4) is 0 Å². The van der Waals surface area contributed by atoms with Crippen molar-refractivity contribution >= 4 is 59.2 Å². The van der Waals surface area contributed by atoms with Crippen molar-refractivity contribution < 1.29 is 8.42 Å². The Labute approximate surface area is 131 Å². The highest BCUT2D eigenvalue weighted by atomic mass is 79.9. The third-order valence-electron chi connectivity index (χ3n) is 2.16. The summed E-state index contributed by atoms with van der Waals surface area (Å²) in [7, 11) is -2.29. The van der Waals surface area contributed by atoms with Crippen molar-refractivity contribution in [1.29, 1.82) is 0 Å². The molecular formula is C9H7Br2ClN4O2S. The minimum atomic E-state index is -3.78. The number of nitrogens with zero attached hydrogens (tertiary/aromatic N) is 3. The first-order chi connectivity index (χ1) is 8.81. The van der Waals surface area contributed by atoms with Gasteiger partial charge in [0, 0.05) is 11.5 Å². The molecule has 0 aliphatic heterocycles. The predicted molar refractivity (Wildman–Crippen MR) is 78.7 cm³/mol. The zero-order chi connectivity index (χ0) is 14.2. The number of sulfonamides is 1. The summed E-state index contributed by atoms with van der Waals surface area (Å²) in [6.45, 7) is 0. The summed E-state index contributed by atoms with van der Waals surface area (Å²) in [5.74, 6) is 0. The van der Waals surface area contributed by atoms with Gasteiger partial charge in [0.15, 0.2) is 4.60 Å². The molecule has 2 rings (SSSR count). The normalized spacial score (nSPS) is 11.6. The predicted octanol–water partition coefficient (Wildman–Crippen LogP) is 2.79. The molecule has 19 heavy (non-hydrogen) atoms. The van der Waals surface area contributed by atoms with Gasteiger partial charge in [-0.1, -0.05) is 16.8 Å². The number of anilines is 1. The van der Waals surface area contributed by atoms with Crippen molar-refractivity contribution in [2.24, 2.45) is 7.05 Å². The van der Waals surface area contributed by atoms with Gasteiger partial charge >= 0.3 is 0 Å². The Balaban J connectivity index is 2.39. The molecule has 0 bridgehead atoms. The molecule has 1 aromatic heterocycles. The van der Waals surface area contributed by atoms with Crippen molar-refractivity contribution in [2.45, 2.75) is 5.03 Å². The lowest BCUT2D eigenvalue weighted by atomic mass is 10.3. The van der Waals surface area contributed by atoms with Crippen LogP contribution < -0.4 is 4.72 Å². The Kier molecular flexibility index (Phi) is 4.19. The van der Waals surface area contributed by atoms with Gasteiger partial charge in [-0.25, -0.2) is 4.68 Å². The molecule has 0 saturated carbocycles. The van der Waals surface area contributed by atoms with Crippen LogP contribution in [0.1, 0.15) is 0 Å². The third kappa shape index (κ3) is 3.10. The van der Waals surface area contributed by atoms with Crippen LogP contribution in [0, 0.1) is 0 Å². The first-order valence-electron chi connectivity index (χ1n) is 4.84. The standard InChI is InChI=1S/C9H7Br2ClN4O2S/c1-16-9(8(11)13-15-16)19(17,18)14-5-2-3-7(12)6(10)4-5/h2-4,14H,1H3. The number of nitrogens with one attached hydrogen (secondary N) is 1. The molecule has 102 valence electrons. The molecule has 0 saturated heterocycles. The van der Waals surface area contributed by atoms with Gasteiger partial charge in [-0.15, -0.1) is 5.10 Å². The minimum absolute atomic E-state index is 0.0569. The largest absolute Gasteiger partial charge is 0.281 e. The van der Waals surface area contributed by atoms with E-state index >= 15 is 0 Å². The van der Waals surface area contributed by atoms with Crippen molar-refractivity contribution in [1.82, 2.24) is 15.0 Å². The second-order valence-electron chi connectivity index (χ2n) is 3.54. The molecule has 0 fully saturated rings. The van der Waals surface area contributed by atoms with E-state index in [1.807, 2.05) is 0 Å². The van der Waals surface area contributed by atoms with Gasteiger partial charge in [-0.05, 0) is 50.1 Å². The molecule has 0 atom stereocenters. The zero-order valence-corrected chi connectivity index (χ0v) is 14.2. The summed E-state index contributed by atoms with van der Waals surface area (Å²) < 4.78 is 28.8. The Morgan fingerprint density at radius 3 is 2.58 bits per heavy atom. The molecule has 6 nitrogen and oxygen atoms in total. The summed E-state index contributed by atoms with van der Waals surface area (Å²) >= 11 is 12.1. The fourth-order valence-corrected chi connectivity index (χ4v) is 4.02. The van der Waals surface area contributed by atoms with Crippen molar-refractivity contribution in [2.75, 3.05) is 4.72 Å². The molecule has 10 heteroatoms. The summed E-state index contributed by atoms with van der Waals surface area (Å²) in [5.41, 5.74) is 0.379. The highest BCUT2D eigenvalue weighted by Gasteiger charge is 2.24. The zero-order valence-electron chi connectivity index (χ0n) is 9.43.